The minimum Gasteiger partial charge on any atom is -0.150 e. The summed E-state index contributed by atoms with van der Waals surface area (Å²) < 4.78 is 11.4. The van der Waals surface area contributed by atoms with Gasteiger partial charge in [0.2, 0.25) is 0 Å². The number of hydrogen-bond acceptors (Lipinski definition) is 4. The Kier molecular flexibility index (Phi) is 11.3. The molecule has 326 valence electrons. The van der Waals surface area contributed by atoms with Crippen LogP contribution in [0.1, 0.15) is 63.9 Å². The molecule has 0 radical (unpaired) electrons. The van der Waals surface area contributed by atoms with Gasteiger partial charge in [0, 0.05) is 49.3 Å². The van der Waals surface area contributed by atoms with Crippen molar-refractivity contribution in [3.63, 3.8) is 0 Å². The Hall–Kier alpha value is -5.63. The van der Waals surface area contributed by atoms with Crippen LogP contribution in [-0.2, 0) is 40.8 Å². The van der Waals surface area contributed by atoms with E-state index in [1.807, 2.05) is 18.2 Å². The molecule has 7 aromatic carbocycles. The van der Waals surface area contributed by atoms with Crippen LogP contribution in [0, 0.1) is 18.8 Å². The van der Waals surface area contributed by atoms with Crippen molar-refractivity contribution in [2.24, 2.45) is 0 Å². The molecule has 2 aliphatic heterocycles. The molecule has 0 fully saturated rings. The van der Waals surface area contributed by atoms with Gasteiger partial charge in [-0.2, -0.15) is 0 Å². The molecular formula is C58H49N4OPtTe-3. The molecule has 2 aliphatic rings. The van der Waals surface area contributed by atoms with Gasteiger partial charge in [0.05, 0.1) is 0 Å². The molecule has 9 aromatic rings. The van der Waals surface area contributed by atoms with Gasteiger partial charge in [0.25, 0.3) is 0 Å². The number of ether oxygens (including phenoxy) is 1. The molecule has 65 heavy (non-hydrogen) atoms. The molecule has 0 atom stereocenters. The van der Waals surface area contributed by atoms with Crippen LogP contribution in [0.3, 0.4) is 0 Å². The number of anilines is 4. The molecule has 0 N–H and O–H groups in total. The SMILES string of the molecule is CC(C)(C)c1cc(-c2ccccc2)c(N2[CH-]N(c3[c-]c(Oc4[c-]c5c(cc4)c4ccccc4n5-c4cc(C(C)(C)C)c5c(n4)C[Te]C5)ccc3)c3ccccc32)c(-c2ccccc2)c1.[Pt]. The molecule has 0 unspecified atom stereocenters. The van der Waals surface area contributed by atoms with Crippen molar-refractivity contribution >= 4 is 65.5 Å². The Morgan fingerprint density at radius 1 is 0.600 bits per heavy atom. The average molecular weight is 1140 g/mol. The quantitative estimate of drug-likeness (QED) is 0.118. The number of pyridine rings is 1. The Balaban J connectivity index is 0.00000498. The molecule has 0 aliphatic carbocycles. The van der Waals surface area contributed by atoms with Crippen LogP contribution in [0.25, 0.3) is 49.9 Å². The van der Waals surface area contributed by atoms with Crippen LogP contribution >= 0.6 is 0 Å². The zero-order chi connectivity index (χ0) is 43.7. The molecule has 2 aromatic heterocycles. The van der Waals surface area contributed by atoms with Gasteiger partial charge in [0.1, 0.15) is 0 Å². The van der Waals surface area contributed by atoms with Crippen LogP contribution in [0.4, 0.5) is 22.7 Å². The molecule has 0 saturated heterocycles. The Bertz CT molecular complexity index is 3180. The van der Waals surface area contributed by atoms with Crippen LogP contribution in [0.15, 0.2) is 158 Å². The number of fused-ring (bicyclic) bond motifs is 5. The van der Waals surface area contributed by atoms with E-state index in [1.54, 1.807) is 0 Å². The Morgan fingerprint density at radius 3 is 1.91 bits per heavy atom. The molecule has 0 bridgehead atoms. The first-order valence-corrected chi connectivity index (χ1v) is 25.4. The Morgan fingerprint density at radius 2 is 1.23 bits per heavy atom. The fourth-order valence-corrected chi connectivity index (χ4v) is 12.4. The van der Waals surface area contributed by atoms with Crippen molar-refractivity contribution in [1.82, 2.24) is 9.55 Å². The number of para-hydroxylation sites is 3. The van der Waals surface area contributed by atoms with Gasteiger partial charge in [-0.1, -0.05) is 93.6 Å². The normalized spacial score (nSPS) is 13.6. The molecule has 11 rings (SSSR count). The minimum atomic E-state index is -0.0958. The zero-order valence-electron chi connectivity index (χ0n) is 37.4. The summed E-state index contributed by atoms with van der Waals surface area (Å²) in [6.45, 7) is 16.1. The van der Waals surface area contributed by atoms with Crippen LogP contribution in [0.2, 0.25) is 0 Å². The molecule has 0 amide bonds. The number of aromatic nitrogens is 2. The van der Waals surface area contributed by atoms with Crippen molar-refractivity contribution in [2.75, 3.05) is 9.80 Å². The van der Waals surface area contributed by atoms with Gasteiger partial charge < -0.3 is 9.80 Å². The van der Waals surface area contributed by atoms with Gasteiger partial charge in [-0.25, -0.2) is 0 Å². The fraction of sp³-hybridized carbons (Fsp3) is 0.172. The van der Waals surface area contributed by atoms with E-state index in [1.165, 1.54) is 54.5 Å². The first-order valence-electron chi connectivity index (χ1n) is 22.1. The van der Waals surface area contributed by atoms with Gasteiger partial charge in [0.15, 0.2) is 0 Å². The van der Waals surface area contributed by atoms with Gasteiger partial charge in [-0.15, -0.1) is 12.7 Å². The second-order valence-electron chi connectivity index (χ2n) is 18.9. The van der Waals surface area contributed by atoms with Crippen molar-refractivity contribution in [2.45, 2.75) is 61.3 Å². The van der Waals surface area contributed by atoms with Crippen LogP contribution in [-0.4, -0.2) is 30.5 Å². The third-order valence-electron chi connectivity index (χ3n) is 12.5. The summed E-state index contributed by atoms with van der Waals surface area (Å²) in [5.74, 6) is 2.19. The number of hydrogen-bond donors (Lipinski definition) is 0. The molecule has 4 heterocycles. The summed E-state index contributed by atoms with van der Waals surface area (Å²) in [7, 11) is 0. The van der Waals surface area contributed by atoms with E-state index >= 15 is 0 Å². The predicted molar refractivity (Wildman–Crippen MR) is 266 cm³/mol. The first-order chi connectivity index (χ1) is 31.0. The van der Waals surface area contributed by atoms with Gasteiger partial charge >= 0.3 is 199 Å². The number of nitrogens with zero attached hydrogens (tertiary/aromatic N) is 4. The molecule has 5 nitrogen and oxygen atoms in total. The maximum atomic E-state index is 6.73. The van der Waals surface area contributed by atoms with E-state index in [0.29, 0.717) is 11.5 Å². The molecular weight excluding hydrogens is 1090 g/mol. The summed E-state index contributed by atoms with van der Waals surface area (Å²) in [5.41, 5.74) is 16.3. The van der Waals surface area contributed by atoms with Gasteiger partial charge in [-0.3, -0.25) is 0 Å². The fourth-order valence-electron chi connectivity index (χ4n) is 9.33. The summed E-state index contributed by atoms with van der Waals surface area (Å²) in [6, 6.07) is 63.6. The van der Waals surface area contributed by atoms with Crippen molar-refractivity contribution in [3.05, 3.63) is 199 Å². The topological polar surface area (TPSA) is 33.5 Å². The second kappa shape index (κ2) is 17.0. The second-order valence-corrected chi connectivity index (χ2v) is 21.7. The van der Waals surface area contributed by atoms with E-state index in [-0.39, 0.29) is 52.8 Å². The summed E-state index contributed by atoms with van der Waals surface area (Å²) in [6.07, 6.45) is 0. The number of rotatable bonds is 7. The summed E-state index contributed by atoms with van der Waals surface area (Å²) in [5, 5.41) is 2.30. The van der Waals surface area contributed by atoms with E-state index in [9.17, 15) is 0 Å². The maximum absolute atomic E-state index is 6.73. The van der Waals surface area contributed by atoms with Crippen molar-refractivity contribution in [1.29, 1.82) is 0 Å². The summed E-state index contributed by atoms with van der Waals surface area (Å²) >= 11 is -0.0958. The van der Waals surface area contributed by atoms with Crippen molar-refractivity contribution < 1.29 is 25.8 Å². The van der Waals surface area contributed by atoms with E-state index in [2.05, 4.69) is 214 Å². The molecule has 7 heteroatoms. The van der Waals surface area contributed by atoms with Crippen LogP contribution < -0.4 is 14.5 Å². The number of benzene rings is 7. The average Bonchev–Trinajstić information content (AvgIpc) is 4.03. The first kappa shape index (κ1) is 43.3. The van der Waals surface area contributed by atoms with E-state index < -0.39 is 0 Å². The smallest absolute Gasteiger partial charge is 0.150 e. The molecule has 0 spiro atoms. The predicted octanol–water partition coefficient (Wildman–Crippen LogP) is 14.6. The molecule has 0 saturated carbocycles. The minimum absolute atomic E-state index is 0. The van der Waals surface area contributed by atoms with Gasteiger partial charge in [-0.05, 0) is 46.4 Å². The monoisotopic (exact) mass is 1140 g/mol. The van der Waals surface area contributed by atoms with E-state index in [0.717, 1.165) is 49.5 Å². The third kappa shape index (κ3) is 7.88. The van der Waals surface area contributed by atoms with Crippen LogP contribution in [0.5, 0.6) is 11.5 Å². The third-order valence-corrected chi connectivity index (χ3v) is 15.3. The standard InChI is InChI=1S/C58H49N4OTe.Pt/c1-57(2,3)40-30-46(38-18-9-7-10-19-38)56(47(31-40)39-20-11-8-12-21-39)61-37-60(52-26-15-16-27-53(52)61)41-22-17-23-42(32-41)63-43-28-29-45-44-24-13-14-25-51(44)62(54(45)33-43)55-34-49(58(4,5)6)48-35-64-36-50(48)59-55;/h7-31,34,37H,35-36H2,1-6H3;/q-3;. The van der Waals surface area contributed by atoms with E-state index in [4.69, 9.17) is 9.72 Å². The Labute approximate surface area is 407 Å². The van der Waals surface area contributed by atoms with Crippen molar-refractivity contribution in [3.8, 4) is 39.6 Å². The summed E-state index contributed by atoms with van der Waals surface area (Å²) in [4.78, 5) is 9.94. The zero-order valence-corrected chi connectivity index (χ0v) is 42.0.